The first-order valence-electron chi connectivity index (χ1n) is 9.22. The Morgan fingerprint density at radius 1 is 1.22 bits per heavy atom. The SMILES string of the molecule is CCCCC[C@H](C)N(C)C(=O)c1cncc(CSc2c(Cl)cccc2Cl)c1. The van der Waals surface area contributed by atoms with Crippen LogP contribution in [0.4, 0.5) is 0 Å². The lowest BCUT2D eigenvalue weighted by Crippen LogP contribution is -2.35. The van der Waals surface area contributed by atoms with Gasteiger partial charge in [-0.15, -0.1) is 11.8 Å². The van der Waals surface area contributed by atoms with Crippen molar-refractivity contribution >= 4 is 40.9 Å². The van der Waals surface area contributed by atoms with E-state index >= 15 is 0 Å². The lowest BCUT2D eigenvalue weighted by molar-refractivity contribution is 0.0735. The van der Waals surface area contributed by atoms with E-state index in [-0.39, 0.29) is 11.9 Å². The van der Waals surface area contributed by atoms with Gasteiger partial charge in [0.2, 0.25) is 0 Å². The number of nitrogens with zero attached hydrogens (tertiary/aromatic N) is 2. The molecule has 3 nitrogen and oxygen atoms in total. The molecule has 2 rings (SSSR count). The topological polar surface area (TPSA) is 33.2 Å². The second-order valence-corrected chi connectivity index (χ2v) is 8.48. The molecule has 0 unspecified atom stereocenters. The van der Waals surface area contributed by atoms with Crippen molar-refractivity contribution < 1.29 is 4.79 Å². The average molecular weight is 425 g/mol. The summed E-state index contributed by atoms with van der Waals surface area (Å²) >= 11 is 14.0. The maximum Gasteiger partial charge on any atom is 0.255 e. The fourth-order valence-corrected chi connectivity index (χ4v) is 4.35. The molecule has 0 aliphatic carbocycles. The predicted octanol–water partition coefficient (Wildman–Crippen LogP) is 6.72. The van der Waals surface area contributed by atoms with Gasteiger partial charge in [-0.25, -0.2) is 0 Å². The van der Waals surface area contributed by atoms with E-state index in [1.165, 1.54) is 12.8 Å². The van der Waals surface area contributed by atoms with Crippen LogP contribution in [0.25, 0.3) is 0 Å². The highest BCUT2D eigenvalue weighted by atomic mass is 35.5. The predicted molar refractivity (Wildman–Crippen MR) is 116 cm³/mol. The second kappa shape index (κ2) is 10.9. The van der Waals surface area contributed by atoms with Gasteiger partial charge in [0.25, 0.3) is 5.91 Å². The number of unbranched alkanes of at least 4 members (excludes halogenated alkanes) is 2. The van der Waals surface area contributed by atoms with Gasteiger partial charge in [-0.05, 0) is 37.1 Å². The number of thioether (sulfide) groups is 1. The Hall–Kier alpha value is -1.23. The van der Waals surface area contributed by atoms with Crippen LogP contribution in [0, 0.1) is 0 Å². The van der Waals surface area contributed by atoms with Crippen molar-refractivity contribution in [3.63, 3.8) is 0 Å². The van der Waals surface area contributed by atoms with Gasteiger partial charge in [-0.3, -0.25) is 9.78 Å². The van der Waals surface area contributed by atoms with Crippen LogP contribution in [0.15, 0.2) is 41.6 Å². The first-order valence-corrected chi connectivity index (χ1v) is 11.0. The summed E-state index contributed by atoms with van der Waals surface area (Å²) in [6.07, 6.45) is 7.95. The minimum absolute atomic E-state index is 0.00845. The van der Waals surface area contributed by atoms with Crippen molar-refractivity contribution in [3.05, 3.63) is 57.8 Å². The molecule has 0 aliphatic rings. The van der Waals surface area contributed by atoms with E-state index in [1.54, 1.807) is 24.2 Å². The minimum Gasteiger partial charge on any atom is -0.339 e. The zero-order valence-electron chi connectivity index (χ0n) is 16.0. The molecule has 1 amide bonds. The van der Waals surface area contributed by atoms with Crippen molar-refractivity contribution in [1.82, 2.24) is 9.88 Å². The molecular formula is C21H26Cl2N2OS. The Morgan fingerprint density at radius 3 is 2.59 bits per heavy atom. The van der Waals surface area contributed by atoms with Crippen molar-refractivity contribution in [2.75, 3.05) is 7.05 Å². The Labute approximate surface area is 176 Å². The first kappa shape index (κ1) is 22.1. The molecule has 0 bridgehead atoms. The van der Waals surface area contributed by atoms with Crippen LogP contribution < -0.4 is 0 Å². The van der Waals surface area contributed by atoms with Gasteiger partial charge in [0.15, 0.2) is 0 Å². The van der Waals surface area contributed by atoms with Gasteiger partial charge in [0.1, 0.15) is 0 Å². The fraction of sp³-hybridized carbons (Fsp3) is 0.429. The van der Waals surface area contributed by atoms with Gasteiger partial charge in [-0.2, -0.15) is 0 Å². The van der Waals surface area contributed by atoms with E-state index in [1.807, 2.05) is 36.2 Å². The number of amides is 1. The molecule has 0 saturated heterocycles. The normalized spacial score (nSPS) is 12.0. The molecule has 2 aromatic rings. The molecule has 1 atom stereocenters. The maximum atomic E-state index is 12.8. The molecule has 1 aromatic heterocycles. The summed E-state index contributed by atoms with van der Waals surface area (Å²) in [7, 11) is 1.86. The molecule has 0 N–H and O–H groups in total. The van der Waals surface area contributed by atoms with Gasteiger partial charge in [-0.1, -0.05) is 55.5 Å². The summed E-state index contributed by atoms with van der Waals surface area (Å²) in [6.45, 7) is 4.28. The van der Waals surface area contributed by atoms with Gasteiger partial charge in [0, 0.05) is 36.1 Å². The van der Waals surface area contributed by atoms with Gasteiger partial charge in [0.05, 0.1) is 15.6 Å². The van der Waals surface area contributed by atoms with Crippen LogP contribution >= 0.6 is 35.0 Å². The molecule has 146 valence electrons. The Balaban J connectivity index is 2.02. The second-order valence-electron chi connectivity index (χ2n) is 6.68. The van der Waals surface area contributed by atoms with Crippen molar-refractivity contribution in [2.24, 2.45) is 0 Å². The molecule has 0 fully saturated rings. The van der Waals surface area contributed by atoms with E-state index in [9.17, 15) is 4.79 Å². The number of carbonyl (C=O) groups excluding carboxylic acids is 1. The first-order chi connectivity index (χ1) is 12.9. The summed E-state index contributed by atoms with van der Waals surface area (Å²) < 4.78 is 0. The third-order valence-electron chi connectivity index (χ3n) is 4.55. The monoisotopic (exact) mass is 424 g/mol. The quantitative estimate of drug-likeness (QED) is 0.330. The standard InChI is InChI=1S/C21H26Cl2N2OS/c1-4-5-6-8-15(2)25(3)21(26)17-11-16(12-24-13-17)14-27-20-18(22)9-7-10-19(20)23/h7,9-13,15H,4-6,8,14H2,1-3H3/t15-/m0/s1. The van der Waals surface area contributed by atoms with Crippen LogP contribution in [0.3, 0.4) is 0 Å². The zero-order valence-corrected chi connectivity index (χ0v) is 18.4. The van der Waals surface area contributed by atoms with Gasteiger partial charge >= 0.3 is 0 Å². The van der Waals surface area contributed by atoms with E-state index in [0.29, 0.717) is 21.4 Å². The maximum absolute atomic E-state index is 12.8. The highest BCUT2D eigenvalue weighted by Crippen LogP contribution is 2.35. The number of pyridine rings is 1. The third-order valence-corrected chi connectivity index (χ3v) is 6.61. The smallest absolute Gasteiger partial charge is 0.255 e. The number of halogens is 2. The zero-order chi connectivity index (χ0) is 19.8. The molecule has 1 heterocycles. The molecule has 0 spiro atoms. The van der Waals surface area contributed by atoms with Crippen LogP contribution in [0.2, 0.25) is 10.0 Å². The molecule has 1 aromatic carbocycles. The largest absolute Gasteiger partial charge is 0.339 e. The molecule has 27 heavy (non-hydrogen) atoms. The van der Waals surface area contributed by atoms with E-state index in [2.05, 4.69) is 18.8 Å². The Morgan fingerprint density at radius 2 is 1.93 bits per heavy atom. The molecular weight excluding hydrogens is 399 g/mol. The average Bonchev–Trinajstić information content (AvgIpc) is 2.66. The summed E-state index contributed by atoms with van der Waals surface area (Å²) in [6, 6.07) is 7.59. The van der Waals surface area contributed by atoms with Crippen molar-refractivity contribution in [1.29, 1.82) is 0 Å². The van der Waals surface area contributed by atoms with Crippen molar-refractivity contribution in [2.45, 2.75) is 56.2 Å². The molecule has 0 radical (unpaired) electrons. The lowest BCUT2D eigenvalue weighted by Gasteiger charge is -2.25. The molecule has 6 heteroatoms. The highest BCUT2D eigenvalue weighted by molar-refractivity contribution is 7.98. The number of carbonyl (C=O) groups is 1. The Bertz CT molecular complexity index is 749. The lowest BCUT2D eigenvalue weighted by atomic mass is 10.1. The molecule has 0 saturated carbocycles. The van der Waals surface area contributed by atoms with Gasteiger partial charge < -0.3 is 4.90 Å². The number of benzene rings is 1. The summed E-state index contributed by atoms with van der Waals surface area (Å²) in [4.78, 5) is 19.7. The van der Waals surface area contributed by atoms with Crippen molar-refractivity contribution in [3.8, 4) is 0 Å². The minimum atomic E-state index is 0.00845. The number of hydrogen-bond acceptors (Lipinski definition) is 3. The summed E-state index contributed by atoms with van der Waals surface area (Å²) in [5.41, 5.74) is 1.58. The van der Waals surface area contributed by atoms with E-state index in [0.717, 1.165) is 23.3 Å². The summed E-state index contributed by atoms with van der Waals surface area (Å²) in [5.74, 6) is 0.655. The van der Waals surface area contributed by atoms with E-state index < -0.39 is 0 Å². The fourth-order valence-electron chi connectivity index (χ4n) is 2.75. The molecule has 0 aliphatic heterocycles. The number of aromatic nitrogens is 1. The van der Waals surface area contributed by atoms with Crippen LogP contribution in [0.5, 0.6) is 0 Å². The number of hydrogen-bond donors (Lipinski definition) is 0. The number of rotatable bonds is 9. The van der Waals surface area contributed by atoms with E-state index in [4.69, 9.17) is 23.2 Å². The third kappa shape index (κ3) is 6.41. The van der Waals surface area contributed by atoms with Crippen LogP contribution in [0.1, 0.15) is 55.5 Å². The highest BCUT2D eigenvalue weighted by Gasteiger charge is 2.18. The summed E-state index contributed by atoms with van der Waals surface area (Å²) in [5, 5.41) is 1.27. The van der Waals surface area contributed by atoms with Crippen LogP contribution in [-0.2, 0) is 5.75 Å². The Kier molecular flexibility index (Phi) is 8.94. The van der Waals surface area contributed by atoms with Crippen LogP contribution in [-0.4, -0.2) is 28.9 Å².